The van der Waals surface area contributed by atoms with Crippen molar-refractivity contribution in [3.05, 3.63) is 81.4 Å². The number of halogens is 1. The van der Waals surface area contributed by atoms with Gasteiger partial charge in [0, 0.05) is 80.4 Å². The molecule has 0 spiro atoms. The third kappa shape index (κ3) is 9.03. The Labute approximate surface area is 347 Å². The van der Waals surface area contributed by atoms with Crippen LogP contribution in [0.1, 0.15) is 111 Å². The lowest BCUT2D eigenvalue weighted by atomic mass is 10.0. The molecule has 5 heterocycles. The summed E-state index contributed by atoms with van der Waals surface area (Å²) in [6, 6.07) is 8.18. The molecule has 5 N–H and O–H groups in total. The number of unbranched alkanes of at least 4 members (excludes halogenated alkanes) is 4. The third-order valence-corrected chi connectivity index (χ3v) is 11.8. The van der Waals surface area contributed by atoms with E-state index in [1.165, 1.54) is 18.2 Å². The van der Waals surface area contributed by atoms with Gasteiger partial charge in [0.2, 0.25) is 17.7 Å². The lowest BCUT2D eigenvalue weighted by Gasteiger charge is -2.34. The molecule has 1 unspecified atom stereocenters. The Balaban J connectivity index is 0.753. The van der Waals surface area contributed by atoms with Crippen molar-refractivity contribution >= 4 is 64.4 Å². The number of piperazine rings is 1. The van der Waals surface area contributed by atoms with Gasteiger partial charge in [0.15, 0.2) is 0 Å². The first-order valence-electron chi connectivity index (χ1n) is 20.8. The maximum atomic E-state index is 13.9. The molecular weight excluding hydrogens is 772 g/mol. The van der Waals surface area contributed by atoms with Gasteiger partial charge < -0.3 is 25.8 Å². The number of imide groups is 2. The molecule has 2 fully saturated rings. The summed E-state index contributed by atoms with van der Waals surface area (Å²) >= 11 is 0. The molecule has 4 aliphatic heterocycles. The molecule has 0 aliphatic carbocycles. The van der Waals surface area contributed by atoms with Crippen molar-refractivity contribution in [2.45, 2.75) is 77.7 Å². The fraction of sp³-hybridized carbons (Fsp3) is 0.432. The lowest BCUT2D eigenvalue weighted by Crippen LogP contribution is -2.54. The number of amides is 7. The number of nitrogens with one attached hydrogen (secondary N) is 5. The molecule has 60 heavy (non-hydrogen) atoms. The molecule has 16 heteroatoms. The maximum absolute atomic E-state index is 13.9. The van der Waals surface area contributed by atoms with Gasteiger partial charge in [0.05, 0.1) is 22.3 Å². The van der Waals surface area contributed by atoms with Crippen LogP contribution in [0, 0.1) is 19.7 Å². The highest BCUT2D eigenvalue weighted by molar-refractivity contribution is 6.35. The summed E-state index contributed by atoms with van der Waals surface area (Å²) in [4.78, 5) is 97.4. The van der Waals surface area contributed by atoms with Crippen LogP contribution in [0.15, 0.2) is 36.4 Å². The third-order valence-electron chi connectivity index (χ3n) is 11.8. The topological polar surface area (TPSA) is 193 Å². The van der Waals surface area contributed by atoms with Gasteiger partial charge in [0.25, 0.3) is 23.6 Å². The molecule has 2 saturated heterocycles. The van der Waals surface area contributed by atoms with Gasteiger partial charge in [-0.2, -0.15) is 0 Å². The van der Waals surface area contributed by atoms with Gasteiger partial charge in [-0.1, -0.05) is 25.3 Å². The molecule has 7 rings (SSSR count). The molecular formula is C44H51FN8O7. The number of carbonyl (C=O) groups is 7. The number of H-pyrrole nitrogens is 1. The van der Waals surface area contributed by atoms with Crippen molar-refractivity contribution in [3.63, 3.8) is 0 Å². The quantitative estimate of drug-likeness (QED) is 0.0793. The van der Waals surface area contributed by atoms with Crippen molar-refractivity contribution in [2.24, 2.45) is 0 Å². The van der Waals surface area contributed by atoms with E-state index in [0.29, 0.717) is 77.6 Å². The molecule has 15 nitrogen and oxygen atoms in total. The molecule has 0 bridgehead atoms. The van der Waals surface area contributed by atoms with Crippen molar-refractivity contribution in [1.29, 1.82) is 0 Å². The van der Waals surface area contributed by atoms with Gasteiger partial charge >= 0.3 is 0 Å². The Morgan fingerprint density at radius 1 is 0.867 bits per heavy atom. The summed E-state index contributed by atoms with van der Waals surface area (Å²) in [5.41, 5.74) is 4.94. The van der Waals surface area contributed by atoms with Crippen molar-refractivity contribution < 1.29 is 38.0 Å². The van der Waals surface area contributed by atoms with E-state index in [-0.39, 0.29) is 41.7 Å². The minimum atomic E-state index is -1.00. The van der Waals surface area contributed by atoms with E-state index >= 15 is 0 Å². The summed E-state index contributed by atoms with van der Waals surface area (Å²) in [6.07, 6.45) is 7.59. The van der Waals surface area contributed by atoms with E-state index in [2.05, 4.69) is 31.2 Å². The second-order valence-corrected chi connectivity index (χ2v) is 15.8. The van der Waals surface area contributed by atoms with E-state index in [1.54, 1.807) is 24.3 Å². The first kappa shape index (κ1) is 42.0. The second-order valence-electron chi connectivity index (χ2n) is 15.8. The van der Waals surface area contributed by atoms with E-state index in [9.17, 15) is 38.0 Å². The Kier molecular flexibility index (Phi) is 12.9. The highest BCUT2D eigenvalue weighted by atomic mass is 19.1. The number of nitrogens with zero attached hydrogens (tertiary/aromatic N) is 3. The SMILES string of the molecule is Cc1[nH]c(/C=C2\C(=O)Nc3ccc(F)cc32)c(C)c1C(=O)NCCCN1CCN(C(=O)CCCCCCCNc2cccc3c2C(=O)N(C2CCC(=O)NC2=O)C3=O)CC1. The predicted octanol–water partition coefficient (Wildman–Crippen LogP) is 4.38. The molecule has 1 atom stereocenters. The summed E-state index contributed by atoms with van der Waals surface area (Å²) in [5.74, 6) is -2.90. The average molecular weight is 823 g/mol. The fourth-order valence-electron chi connectivity index (χ4n) is 8.50. The normalized spacial score (nSPS) is 18.5. The van der Waals surface area contributed by atoms with Crippen molar-refractivity contribution in [1.82, 2.24) is 30.3 Å². The van der Waals surface area contributed by atoms with E-state index < -0.39 is 35.5 Å². The van der Waals surface area contributed by atoms with Gasteiger partial charge in [0.1, 0.15) is 11.9 Å². The zero-order valence-electron chi connectivity index (χ0n) is 34.0. The second kappa shape index (κ2) is 18.4. The largest absolute Gasteiger partial charge is 0.384 e. The van der Waals surface area contributed by atoms with Gasteiger partial charge in [-0.05, 0) is 88.0 Å². The number of piperidine rings is 1. The number of hydrogen-bond donors (Lipinski definition) is 5. The van der Waals surface area contributed by atoms with Crippen LogP contribution < -0.4 is 21.3 Å². The maximum Gasteiger partial charge on any atom is 0.264 e. The monoisotopic (exact) mass is 822 g/mol. The summed E-state index contributed by atoms with van der Waals surface area (Å²) in [7, 11) is 0. The Hall–Kier alpha value is -6.16. The van der Waals surface area contributed by atoms with Crippen LogP contribution in [0.25, 0.3) is 11.6 Å². The van der Waals surface area contributed by atoms with Gasteiger partial charge in [-0.25, -0.2) is 4.39 Å². The number of carbonyl (C=O) groups excluding carboxylic acids is 7. The number of aromatic amines is 1. The highest BCUT2D eigenvalue weighted by Crippen LogP contribution is 2.35. The number of hydrogen-bond acceptors (Lipinski definition) is 9. The zero-order valence-corrected chi connectivity index (χ0v) is 34.0. The lowest BCUT2D eigenvalue weighted by molar-refractivity contribution is -0.136. The number of anilines is 2. The first-order valence-corrected chi connectivity index (χ1v) is 20.8. The van der Waals surface area contributed by atoms with Crippen LogP contribution >= 0.6 is 0 Å². The Morgan fingerprint density at radius 3 is 2.42 bits per heavy atom. The Morgan fingerprint density at radius 2 is 1.63 bits per heavy atom. The van der Waals surface area contributed by atoms with Crippen LogP contribution in [0.5, 0.6) is 0 Å². The number of fused-ring (bicyclic) bond motifs is 2. The molecule has 3 aromatic rings. The molecule has 4 aliphatic rings. The molecule has 1 aromatic heterocycles. The minimum absolute atomic E-state index is 0.0689. The van der Waals surface area contributed by atoms with Crippen molar-refractivity contribution in [2.75, 3.05) is 56.4 Å². The summed E-state index contributed by atoms with van der Waals surface area (Å²) in [5, 5.41) is 11.3. The van der Waals surface area contributed by atoms with Crippen LogP contribution in [0.2, 0.25) is 0 Å². The van der Waals surface area contributed by atoms with Crippen LogP contribution in [-0.2, 0) is 19.2 Å². The average Bonchev–Trinajstić information content (AvgIpc) is 3.79. The van der Waals surface area contributed by atoms with E-state index in [1.807, 2.05) is 18.7 Å². The van der Waals surface area contributed by atoms with Crippen LogP contribution in [0.4, 0.5) is 15.8 Å². The van der Waals surface area contributed by atoms with Crippen LogP contribution in [-0.4, -0.2) is 113 Å². The molecule has 7 amide bonds. The van der Waals surface area contributed by atoms with Gasteiger partial charge in [-0.15, -0.1) is 0 Å². The smallest absolute Gasteiger partial charge is 0.264 e. The molecule has 0 radical (unpaired) electrons. The predicted molar refractivity (Wildman–Crippen MR) is 222 cm³/mol. The van der Waals surface area contributed by atoms with Crippen LogP contribution in [0.3, 0.4) is 0 Å². The zero-order chi connectivity index (χ0) is 42.5. The minimum Gasteiger partial charge on any atom is -0.384 e. The number of aryl methyl sites for hydroxylation is 1. The number of benzene rings is 2. The van der Waals surface area contributed by atoms with E-state index in [0.717, 1.165) is 63.1 Å². The molecule has 316 valence electrons. The fourth-order valence-corrected chi connectivity index (χ4v) is 8.50. The molecule has 0 saturated carbocycles. The van der Waals surface area contributed by atoms with E-state index in [4.69, 9.17) is 0 Å². The van der Waals surface area contributed by atoms with Crippen molar-refractivity contribution in [3.8, 4) is 0 Å². The first-order chi connectivity index (χ1) is 28.9. The summed E-state index contributed by atoms with van der Waals surface area (Å²) < 4.78 is 13.9. The molecule has 2 aromatic carbocycles. The standard InChI is InChI=1S/C44H51FN8O7/c1-26-34(25-31-30-24-28(45)13-14-32(30)49-40(31)56)48-27(2)38(26)42(58)47-18-9-19-51-20-22-52(23-21-51)37(55)12-6-4-3-5-7-17-46-33-11-8-10-29-39(33)44(60)53(43(29)59)35-15-16-36(54)50-41(35)57/h8,10-11,13-14,24-25,35,46,48H,3-7,9,12,15-23H2,1-2H3,(H,47,58)(H,49,56)(H,50,54,57)/b31-25-. The number of aromatic nitrogens is 1. The van der Waals surface area contributed by atoms with Gasteiger partial charge in [-0.3, -0.25) is 48.7 Å². The highest BCUT2D eigenvalue weighted by Gasteiger charge is 2.45. The number of rotatable bonds is 16. The Bertz CT molecular complexity index is 2260. The summed E-state index contributed by atoms with van der Waals surface area (Å²) in [6.45, 7) is 8.43.